The first-order valence-electron chi connectivity index (χ1n) is 7.59. The molecule has 1 fully saturated rings. The first kappa shape index (κ1) is 14.1. The Bertz CT molecular complexity index is 643. The predicted molar refractivity (Wildman–Crippen MR) is 85.4 cm³/mol. The number of nitrogens with one attached hydrogen (secondary N) is 3. The third kappa shape index (κ3) is 2.13. The molecule has 0 radical (unpaired) electrons. The normalized spacial score (nSPS) is 19.7. The Kier molecular flexibility index (Phi) is 3.07. The molecule has 21 heavy (non-hydrogen) atoms. The van der Waals surface area contributed by atoms with Crippen molar-refractivity contribution < 1.29 is 0 Å². The summed E-state index contributed by atoms with van der Waals surface area (Å²) in [5, 5.41) is 6.82. The molecule has 0 atom stereocenters. The number of H-pyrrole nitrogens is 1. The van der Waals surface area contributed by atoms with E-state index in [0.717, 1.165) is 24.3 Å². The molecule has 3 rings (SSSR count). The molecule has 3 N–H and O–H groups in total. The van der Waals surface area contributed by atoms with Gasteiger partial charge in [-0.05, 0) is 17.3 Å². The summed E-state index contributed by atoms with van der Waals surface area (Å²) < 4.78 is 0. The summed E-state index contributed by atoms with van der Waals surface area (Å²) in [5.74, 6) is 1.47. The van der Waals surface area contributed by atoms with E-state index >= 15 is 0 Å². The van der Waals surface area contributed by atoms with E-state index in [4.69, 9.17) is 0 Å². The van der Waals surface area contributed by atoms with Crippen LogP contribution < -0.4 is 10.6 Å². The molecule has 0 saturated heterocycles. The van der Waals surface area contributed by atoms with Crippen LogP contribution in [0.4, 0.5) is 11.8 Å². The van der Waals surface area contributed by atoms with Gasteiger partial charge in [0, 0.05) is 12.6 Å². The van der Waals surface area contributed by atoms with Crippen molar-refractivity contribution in [2.75, 3.05) is 17.2 Å². The van der Waals surface area contributed by atoms with Crippen LogP contribution in [-0.4, -0.2) is 32.5 Å². The minimum absolute atomic E-state index is 0.251. The Labute approximate surface area is 125 Å². The average molecular weight is 288 g/mol. The fourth-order valence-corrected chi connectivity index (χ4v) is 2.95. The van der Waals surface area contributed by atoms with E-state index in [1.807, 2.05) is 0 Å². The molecule has 6 nitrogen and oxygen atoms in total. The molecule has 2 aromatic heterocycles. The molecule has 2 aromatic rings. The first-order chi connectivity index (χ1) is 9.88. The van der Waals surface area contributed by atoms with Gasteiger partial charge < -0.3 is 15.6 Å². The highest BCUT2D eigenvalue weighted by atomic mass is 15.2. The predicted octanol–water partition coefficient (Wildman–Crippen LogP) is 3.02. The van der Waals surface area contributed by atoms with Crippen molar-refractivity contribution >= 4 is 22.9 Å². The van der Waals surface area contributed by atoms with Crippen molar-refractivity contribution in [1.82, 2.24) is 19.9 Å². The standard InChI is InChI=1S/C15H24N6/c1-6-7-16-13-20-10-9(17-8-18-10)11(21-13)19-12-14(2,3)15(12,4)5/h8,12H,6-7H2,1-5H3,(H3,16,17,18,19,20,21). The topological polar surface area (TPSA) is 78.5 Å². The Morgan fingerprint density at radius 1 is 1.19 bits per heavy atom. The number of hydrogen-bond acceptors (Lipinski definition) is 5. The van der Waals surface area contributed by atoms with E-state index in [0.29, 0.717) is 17.6 Å². The minimum atomic E-state index is 0.251. The van der Waals surface area contributed by atoms with Crippen LogP contribution >= 0.6 is 0 Å². The lowest BCUT2D eigenvalue weighted by Gasteiger charge is -2.10. The smallest absolute Gasteiger partial charge is 0.226 e. The SMILES string of the molecule is CCCNc1nc(NC2C(C)(C)C2(C)C)c2[nH]cnc2n1. The summed E-state index contributed by atoms with van der Waals surface area (Å²) in [7, 11) is 0. The summed E-state index contributed by atoms with van der Waals surface area (Å²) in [6.07, 6.45) is 2.70. The van der Waals surface area contributed by atoms with Crippen molar-refractivity contribution in [2.24, 2.45) is 10.8 Å². The van der Waals surface area contributed by atoms with Gasteiger partial charge in [-0.25, -0.2) is 4.98 Å². The Morgan fingerprint density at radius 3 is 2.52 bits per heavy atom. The summed E-state index contributed by atoms with van der Waals surface area (Å²) in [4.78, 5) is 16.4. The van der Waals surface area contributed by atoms with Crippen LogP contribution in [0.1, 0.15) is 41.0 Å². The number of rotatable bonds is 5. The molecule has 0 aromatic carbocycles. The van der Waals surface area contributed by atoms with Gasteiger partial charge in [0.15, 0.2) is 11.5 Å². The summed E-state index contributed by atoms with van der Waals surface area (Å²) >= 11 is 0. The zero-order valence-electron chi connectivity index (χ0n) is 13.4. The molecule has 0 unspecified atom stereocenters. The maximum absolute atomic E-state index is 4.62. The molecule has 0 bridgehead atoms. The van der Waals surface area contributed by atoms with E-state index in [1.54, 1.807) is 6.33 Å². The van der Waals surface area contributed by atoms with Crippen LogP contribution in [0, 0.1) is 10.8 Å². The summed E-state index contributed by atoms with van der Waals surface area (Å²) in [5.41, 5.74) is 2.07. The maximum atomic E-state index is 4.62. The lowest BCUT2D eigenvalue weighted by atomic mass is 10.0. The largest absolute Gasteiger partial charge is 0.364 e. The van der Waals surface area contributed by atoms with Gasteiger partial charge in [-0.2, -0.15) is 9.97 Å². The van der Waals surface area contributed by atoms with E-state index in [1.165, 1.54) is 0 Å². The highest BCUT2D eigenvalue weighted by molar-refractivity contribution is 5.84. The number of nitrogens with zero attached hydrogens (tertiary/aromatic N) is 3. The third-order valence-electron chi connectivity index (χ3n) is 5.12. The van der Waals surface area contributed by atoms with Crippen molar-refractivity contribution in [3.05, 3.63) is 6.33 Å². The maximum Gasteiger partial charge on any atom is 0.226 e. The minimum Gasteiger partial charge on any atom is -0.364 e. The second-order valence-electron chi connectivity index (χ2n) is 6.94. The van der Waals surface area contributed by atoms with E-state index in [9.17, 15) is 0 Å². The number of hydrogen-bond donors (Lipinski definition) is 3. The molecule has 1 aliphatic carbocycles. The molecular weight excluding hydrogens is 264 g/mol. The number of fused-ring (bicyclic) bond motifs is 1. The van der Waals surface area contributed by atoms with E-state index in [-0.39, 0.29) is 10.8 Å². The highest BCUT2D eigenvalue weighted by Crippen LogP contribution is 2.63. The lowest BCUT2D eigenvalue weighted by molar-refractivity contribution is 0.457. The number of aromatic amines is 1. The number of anilines is 2. The fraction of sp³-hybridized carbons (Fsp3) is 0.667. The quantitative estimate of drug-likeness (QED) is 0.788. The van der Waals surface area contributed by atoms with Gasteiger partial charge in [0.1, 0.15) is 5.52 Å². The van der Waals surface area contributed by atoms with Crippen molar-refractivity contribution in [3.8, 4) is 0 Å². The van der Waals surface area contributed by atoms with Gasteiger partial charge in [0.2, 0.25) is 5.95 Å². The van der Waals surface area contributed by atoms with Crippen molar-refractivity contribution in [1.29, 1.82) is 0 Å². The monoisotopic (exact) mass is 288 g/mol. The average Bonchev–Trinajstić information content (AvgIpc) is 2.80. The molecular formula is C15H24N6. The highest BCUT2D eigenvalue weighted by Gasteiger charge is 2.65. The molecule has 1 aliphatic rings. The van der Waals surface area contributed by atoms with Crippen LogP contribution in [-0.2, 0) is 0 Å². The molecule has 0 aliphatic heterocycles. The van der Waals surface area contributed by atoms with E-state index in [2.05, 4.69) is 65.2 Å². The van der Waals surface area contributed by atoms with Crippen LogP contribution in [0.5, 0.6) is 0 Å². The molecule has 6 heteroatoms. The summed E-state index contributed by atoms with van der Waals surface area (Å²) in [6.45, 7) is 12.1. The number of aromatic nitrogens is 4. The van der Waals surface area contributed by atoms with Crippen LogP contribution in [0.15, 0.2) is 6.33 Å². The van der Waals surface area contributed by atoms with Gasteiger partial charge in [-0.3, -0.25) is 0 Å². The van der Waals surface area contributed by atoms with Crippen LogP contribution in [0.2, 0.25) is 0 Å². The van der Waals surface area contributed by atoms with Gasteiger partial charge in [0.05, 0.1) is 6.33 Å². The zero-order chi connectivity index (χ0) is 15.3. The van der Waals surface area contributed by atoms with E-state index < -0.39 is 0 Å². The number of imidazole rings is 1. The summed E-state index contributed by atoms with van der Waals surface area (Å²) in [6, 6.07) is 0.394. The van der Waals surface area contributed by atoms with Crippen molar-refractivity contribution in [3.63, 3.8) is 0 Å². The molecule has 0 spiro atoms. The molecule has 2 heterocycles. The Morgan fingerprint density at radius 2 is 1.90 bits per heavy atom. The van der Waals surface area contributed by atoms with Gasteiger partial charge in [0.25, 0.3) is 0 Å². The second kappa shape index (κ2) is 4.58. The Hall–Kier alpha value is -1.85. The fourth-order valence-electron chi connectivity index (χ4n) is 2.95. The van der Waals surface area contributed by atoms with Gasteiger partial charge in [-0.15, -0.1) is 0 Å². The van der Waals surface area contributed by atoms with Gasteiger partial charge in [-0.1, -0.05) is 34.6 Å². The van der Waals surface area contributed by atoms with Crippen LogP contribution in [0.25, 0.3) is 11.2 Å². The molecule has 114 valence electrons. The zero-order valence-corrected chi connectivity index (χ0v) is 13.4. The first-order valence-corrected chi connectivity index (χ1v) is 7.59. The third-order valence-corrected chi connectivity index (χ3v) is 5.12. The Balaban J connectivity index is 1.92. The van der Waals surface area contributed by atoms with Gasteiger partial charge >= 0.3 is 0 Å². The lowest BCUT2D eigenvalue weighted by Crippen LogP contribution is -2.14. The molecule has 0 amide bonds. The molecule has 1 saturated carbocycles. The van der Waals surface area contributed by atoms with Crippen LogP contribution in [0.3, 0.4) is 0 Å². The van der Waals surface area contributed by atoms with Crippen molar-refractivity contribution in [2.45, 2.75) is 47.1 Å². The second-order valence-corrected chi connectivity index (χ2v) is 6.94.